The number of rotatable bonds is 1. The molecule has 0 radical (unpaired) electrons. The standard InChI is InChI=1S/C9H10N2OS/c1-7-11(12)6-9(13-7)8-2-4-10-5-3-8/h2-7,12H,1H3. The molecule has 0 aromatic carbocycles. The van der Waals surface area contributed by atoms with Crippen LogP contribution in [-0.4, -0.2) is 20.6 Å². The second kappa shape index (κ2) is 3.40. The molecule has 1 aliphatic rings. The Morgan fingerprint density at radius 2 is 2.15 bits per heavy atom. The van der Waals surface area contributed by atoms with Gasteiger partial charge in [-0.3, -0.25) is 15.3 Å². The van der Waals surface area contributed by atoms with Crippen molar-refractivity contribution < 1.29 is 5.21 Å². The van der Waals surface area contributed by atoms with Crippen LogP contribution in [0.4, 0.5) is 0 Å². The third kappa shape index (κ3) is 1.68. The summed E-state index contributed by atoms with van der Waals surface area (Å²) >= 11 is 1.64. The molecule has 13 heavy (non-hydrogen) atoms. The highest BCUT2D eigenvalue weighted by molar-refractivity contribution is 8.09. The van der Waals surface area contributed by atoms with Crippen molar-refractivity contribution in [1.29, 1.82) is 0 Å². The lowest BCUT2D eigenvalue weighted by Gasteiger charge is -2.10. The molecule has 0 bridgehead atoms. The van der Waals surface area contributed by atoms with E-state index in [9.17, 15) is 5.21 Å². The van der Waals surface area contributed by atoms with E-state index in [0.717, 1.165) is 10.5 Å². The van der Waals surface area contributed by atoms with Crippen LogP contribution in [0.5, 0.6) is 0 Å². The molecule has 1 atom stereocenters. The van der Waals surface area contributed by atoms with Gasteiger partial charge < -0.3 is 0 Å². The van der Waals surface area contributed by atoms with Crippen molar-refractivity contribution in [3.8, 4) is 0 Å². The smallest absolute Gasteiger partial charge is 0.103 e. The Labute approximate surface area is 81.0 Å². The van der Waals surface area contributed by atoms with E-state index in [1.165, 1.54) is 5.06 Å². The maximum absolute atomic E-state index is 9.35. The number of pyridine rings is 1. The van der Waals surface area contributed by atoms with E-state index >= 15 is 0 Å². The summed E-state index contributed by atoms with van der Waals surface area (Å²) in [5.74, 6) is 0. The number of thioether (sulfide) groups is 1. The third-order valence-corrected chi connectivity index (χ3v) is 3.04. The van der Waals surface area contributed by atoms with Crippen LogP contribution < -0.4 is 0 Å². The Morgan fingerprint density at radius 3 is 2.69 bits per heavy atom. The highest BCUT2D eigenvalue weighted by Gasteiger charge is 2.20. The van der Waals surface area contributed by atoms with Gasteiger partial charge >= 0.3 is 0 Å². The maximum atomic E-state index is 9.35. The van der Waals surface area contributed by atoms with E-state index in [0.29, 0.717) is 0 Å². The van der Waals surface area contributed by atoms with Gasteiger partial charge in [-0.15, -0.1) is 0 Å². The van der Waals surface area contributed by atoms with Crippen molar-refractivity contribution in [3.63, 3.8) is 0 Å². The van der Waals surface area contributed by atoms with Crippen LogP contribution in [-0.2, 0) is 0 Å². The minimum Gasteiger partial charge on any atom is -0.288 e. The Kier molecular flexibility index (Phi) is 2.24. The van der Waals surface area contributed by atoms with E-state index in [4.69, 9.17) is 0 Å². The molecule has 1 N–H and O–H groups in total. The van der Waals surface area contributed by atoms with Gasteiger partial charge in [0.1, 0.15) is 5.37 Å². The second-order valence-electron chi connectivity index (χ2n) is 2.83. The summed E-state index contributed by atoms with van der Waals surface area (Å²) in [6.45, 7) is 1.95. The van der Waals surface area contributed by atoms with Crippen molar-refractivity contribution in [1.82, 2.24) is 10.0 Å². The van der Waals surface area contributed by atoms with Crippen LogP contribution in [0.25, 0.3) is 4.91 Å². The quantitative estimate of drug-likeness (QED) is 0.743. The highest BCUT2D eigenvalue weighted by atomic mass is 32.2. The second-order valence-corrected chi connectivity index (χ2v) is 4.18. The highest BCUT2D eigenvalue weighted by Crippen LogP contribution is 2.37. The van der Waals surface area contributed by atoms with Crippen LogP contribution in [0.15, 0.2) is 30.7 Å². The van der Waals surface area contributed by atoms with Crippen LogP contribution in [0.3, 0.4) is 0 Å². The van der Waals surface area contributed by atoms with E-state index in [2.05, 4.69) is 4.98 Å². The molecule has 0 aliphatic carbocycles. The van der Waals surface area contributed by atoms with Crippen LogP contribution in [0.1, 0.15) is 12.5 Å². The molecule has 1 aliphatic heterocycles. The van der Waals surface area contributed by atoms with E-state index in [1.807, 2.05) is 19.1 Å². The van der Waals surface area contributed by atoms with Gasteiger partial charge in [0.2, 0.25) is 0 Å². The number of aromatic nitrogens is 1. The van der Waals surface area contributed by atoms with E-state index < -0.39 is 0 Å². The summed E-state index contributed by atoms with van der Waals surface area (Å²) < 4.78 is 0. The first-order chi connectivity index (χ1) is 6.27. The molecule has 68 valence electrons. The fourth-order valence-electron chi connectivity index (χ4n) is 1.15. The van der Waals surface area contributed by atoms with Crippen molar-refractivity contribution in [2.45, 2.75) is 12.3 Å². The van der Waals surface area contributed by atoms with Gasteiger partial charge in [0.15, 0.2) is 0 Å². The maximum Gasteiger partial charge on any atom is 0.103 e. The molecule has 4 heteroatoms. The van der Waals surface area contributed by atoms with Crippen LogP contribution in [0, 0.1) is 0 Å². The molecule has 2 heterocycles. The van der Waals surface area contributed by atoms with Crippen LogP contribution >= 0.6 is 11.8 Å². The molecule has 0 spiro atoms. The largest absolute Gasteiger partial charge is 0.288 e. The van der Waals surface area contributed by atoms with Gasteiger partial charge in [0.25, 0.3) is 0 Å². The predicted molar refractivity (Wildman–Crippen MR) is 52.9 cm³/mol. The Morgan fingerprint density at radius 1 is 1.46 bits per heavy atom. The lowest BCUT2D eigenvalue weighted by molar-refractivity contribution is -0.0433. The molecule has 1 unspecified atom stereocenters. The number of hydrogen-bond donors (Lipinski definition) is 1. The Balaban J connectivity index is 2.25. The van der Waals surface area contributed by atoms with Gasteiger partial charge in [-0.25, -0.2) is 0 Å². The third-order valence-electron chi connectivity index (χ3n) is 1.88. The molecule has 1 aromatic heterocycles. The summed E-state index contributed by atoms with van der Waals surface area (Å²) in [5, 5.41) is 10.7. The normalized spacial score (nSPS) is 21.8. The van der Waals surface area contributed by atoms with Gasteiger partial charge in [-0.05, 0) is 24.6 Å². The fourth-order valence-corrected chi connectivity index (χ4v) is 2.13. The molecule has 0 saturated carbocycles. The van der Waals surface area contributed by atoms with E-state index in [-0.39, 0.29) is 5.37 Å². The molecule has 0 saturated heterocycles. The zero-order valence-electron chi connectivity index (χ0n) is 7.21. The monoisotopic (exact) mass is 194 g/mol. The first-order valence-electron chi connectivity index (χ1n) is 4.03. The van der Waals surface area contributed by atoms with E-state index in [1.54, 1.807) is 30.4 Å². The summed E-state index contributed by atoms with van der Waals surface area (Å²) in [6, 6.07) is 3.87. The minimum absolute atomic E-state index is 0.100. The SMILES string of the molecule is CC1SC(c2ccncc2)=CN1O. The van der Waals surface area contributed by atoms with Gasteiger partial charge in [-0.1, -0.05) is 11.8 Å². The molecule has 0 amide bonds. The summed E-state index contributed by atoms with van der Waals surface area (Å²) in [5.41, 5.74) is 1.10. The number of hydroxylamine groups is 2. The van der Waals surface area contributed by atoms with Crippen molar-refractivity contribution in [2.24, 2.45) is 0 Å². The van der Waals surface area contributed by atoms with Gasteiger partial charge in [0.05, 0.1) is 0 Å². The first kappa shape index (κ1) is 8.59. The van der Waals surface area contributed by atoms with Gasteiger partial charge in [0, 0.05) is 23.5 Å². The van der Waals surface area contributed by atoms with Crippen molar-refractivity contribution >= 4 is 16.7 Å². The molecule has 1 aromatic rings. The summed E-state index contributed by atoms with van der Waals surface area (Å²) in [7, 11) is 0. The summed E-state index contributed by atoms with van der Waals surface area (Å²) in [6.07, 6.45) is 5.24. The molecular formula is C9H10N2OS. The zero-order chi connectivity index (χ0) is 9.26. The van der Waals surface area contributed by atoms with Gasteiger partial charge in [-0.2, -0.15) is 0 Å². The fraction of sp³-hybridized carbons (Fsp3) is 0.222. The Bertz CT molecular complexity index is 326. The number of hydrogen-bond acceptors (Lipinski definition) is 4. The molecule has 0 fully saturated rings. The van der Waals surface area contributed by atoms with Crippen molar-refractivity contribution in [2.75, 3.05) is 0 Å². The average Bonchev–Trinajstić information content (AvgIpc) is 2.49. The Hall–Kier alpha value is -1.00. The lowest BCUT2D eigenvalue weighted by atomic mass is 10.2. The zero-order valence-corrected chi connectivity index (χ0v) is 8.03. The van der Waals surface area contributed by atoms with Crippen molar-refractivity contribution in [3.05, 3.63) is 36.3 Å². The average molecular weight is 194 g/mol. The van der Waals surface area contributed by atoms with Crippen LogP contribution in [0.2, 0.25) is 0 Å². The summed E-state index contributed by atoms with van der Waals surface area (Å²) in [4.78, 5) is 5.02. The minimum atomic E-state index is 0.100. The topological polar surface area (TPSA) is 36.4 Å². The first-order valence-corrected chi connectivity index (χ1v) is 4.91. The lowest BCUT2D eigenvalue weighted by Crippen LogP contribution is -2.15. The predicted octanol–water partition coefficient (Wildman–Crippen LogP) is 2.16. The molecule has 2 rings (SSSR count). The molecular weight excluding hydrogens is 184 g/mol. The number of nitrogens with zero attached hydrogens (tertiary/aromatic N) is 2. The molecule has 3 nitrogen and oxygen atoms in total.